The second-order valence-electron chi connectivity index (χ2n) is 13.0. The molecule has 0 bridgehead atoms. The quantitative estimate of drug-likeness (QED) is 0.0895. The number of rotatable bonds is 13. The Labute approximate surface area is 341 Å². The smallest absolute Gasteiger partial charge is 0.259 e. The van der Waals surface area contributed by atoms with Gasteiger partial charge in [0, 0.05) is 82.1 Å². The minimum Gasteiger partial charge on any atom is -0.352 e. The van der Waals surface area contributed by atoms with E-state index in [4.69, 9.17) is 23.2 Å². The van der Waals surface area contributed by atoms with Crippen LogP contribution in [-0.2, 0) is 14.1 Å². The fourth-order valence-corrected chi connectivity index (χ4v) is 8.18. The molecule has 1 saturated heterocycles. The van der Waals surface area contributed by atoms with Crippen LogP contribution in [0.3, 0.4) is 0 Å². The third-order valence-corrected chi connectivity index (χ3v) is 11.8. The summed E-state index contributed by atoms with van der Waals surface area (Å²) >= 11 is 16.4. The minimum atomic E-state index is -0.132. The predicted octanol–water partition coefficient (Wildman–Crippen LogP) is 9.21. The normalized spacial score (nSPS) is 13.9. The van der Waals surface area contributed by atoms with Crippen LogP contribution in [0, 0.1) is 0 Å². The highest BCUT2D eigenvalue weighted by Crippen LogP contribution is 2.31. The van der Waals surface area contributed by atoms with Crippen molar-refractivity contribution in [3.05, 3.63) is 104 Å². The van der Waals surface area contributed by atoms with Crippen molar-refractivity contribution in [3.8, 4) is 22.3 Å². The zero-order valence-electron chi connectivity index (χ0n) is 31.1. The molecule has 1 aliphatic heterocycles. The Morgan fingerprint density at radius 3 is 1.87 bits per heavy atom. The third kappa shape index (κ3) is 9.83. The van der Waals surface area contributed by atoms with Crippen LogP contribution in [0.15, 0.2) is 82.6 Å². The van der Waals surface area contributed by atoms with Crippen molar-refractivity contribution in [3.63, 3.8) is 0 Å². The van der Waals surface area contributed by atoms with Crippen molar-refractivity contribution >= 4 is 80.7 Å². The maximum absolute atomic E-state index is 12.9. The van der Waals surface area contributed by atoms with Crippen LogP contribution in [0.4, 0.5) is 11.9 Å². The van der Waals surface area contributed by atoms with Crippen LogP contribution in [0.1, 0.15) is 41.0 Å². The summed E-state index contributed by atoms with van der Waals surface area (Å²) in [7, 11) is 3.47. The Balaban J connectivity index is 0.000000207. The van der Waals surface area contributed by atoms with E-state index < -0.39 is 0 Å². The summed E-state index contributed by atoms with van der Waals surface area (Å²) < 4.78 is 3.14. The van der Waals surface area contributed by atoms with E-state index in [1.54, 1.807) is 47.8 Å². The van der Waals surface area contributed by atoms with E-state index in [0.717, 1.165) is 58.7 Å². The molecule has 10 nitrogen and oxygen atoms in total. The first-order valence-corrected chi connectivity index (χ1v) is 21.1. The lowest BCUT2D eigenvalue weighted by molar-refractivity contribution is 0.759. The highest BCUT2D eigenvalue weighted by Gasteiger charge is 2.35. The Morgan fingerprint density at radius 1 is 0.782 bits per heavy atom. The van der Waals surface area contributed by atoms with Gasteiger partial charge in [0.25, 0.3) is 11.1 Å². The number of hydrogen-bond donors (Lipinski definition) is 1. The van der Waals surface area contributed by atoms with E-state index in [1.807, 2.05) is 72.1 Å². The Bertz CT molecular complexity index is 2380. The lowest BCUT2D eigenvalue weighted by atomic mass is 10.1. The molecule has 55 heavy (non-hydrogen) atoms. The van der Waals surface area contributed by atoms with Crippen molar-refractivity contribution in [1.29, 1.82) is 0 Å². The number of aryl methyl sites for hydroxylation is 2. The van der Waals surface area contributed by atoms with E-state index in [0.29, 0.717) is 56.0 Å². The third-order valence-electron chi connectivity index (χ3n) is 9.26. The predicted molar refractivity (Wildman–Crippen MR) is 237 cm³/mol. The fourth-order valence-electron chi connectivity index (χ4n) is 6.17. The molecule has 0 radical (unpaired) electrons. The molecule has 14 heteroatoms. The van der Waals surface area contributed by atoms with Crippen molar-refractivity contribution < 1.29 is 0 Å². The lowest BCUT2D eigenvalue weighted by Gasteiger charge is -2.15. The number of pyridine rings is 2. The molecule has 0 spiro atoms. The number of thioether (sulfide) groups is 2. The van der Waals surface area contributed by atoms with Gasteiger partial charge in [-0.1, -0.05) is 80.9 Å². The first-order chi connectivity index (χ1) is 26.1. The fraction of sp³-hybridized carbons (Fsp3) is 0.366. The van der Waals surface area contributed by atoms with Crippen molar-refractivity contribution in [2.45, 2.75) is 53.1 Å². The number of anilines is 2. The van der Waals surface area contributed by atoms with E-state index in [-0.39, 0.29) is 24.6 Å². The van der Waals surface area contributed by atoms with Gasteiger partial charge in [-0.15, -0.1) is 0 Å². The van der Waals surface area contributed by atoms with Crippen molar-refractivity contribution in [2.75, 3.05) is 39.8 Å². The summed E-state index contributed by atoms with van der Waals surface area (Å²) in [4.78, 5) is 46.2. The Kier molecular flexibility index (Phi) is 14.7. The molecule has 1 N–H and O–H groups in total. The Hall–Kier alpha value is -4.10. The molecule has 6 aromatic rings. The van der Waals surface area contributed by atoms with Crippen molar-refractivity contribution in [2.24, 2.45) is 14.1 Å². The summed E-state index contributed by atoms with van der Waals surface area (Å²) in [5.74, 6) is 5.76. The van der Waals surface area contributed by atoms with E-state index in [9.17, 15) is 9.59 Å². The van der Waals surface area contributed by atoms with Gasteiger partial charge in [0.1, 0.15) is 11.3 Å². The van der Waals surface area contributed by atoms with Gasteiger partial charge in [-0.2, -0.15) is 33.5 Å². The molecular formula is C41H48Cl2N8O2S2. The summed E-state index contributed by atoms with van der Waals surface area (Å²) in [5.41, 5.74) is 3.56. The van der Waals surface area contributed by atoms with Gasteiger partial charge >= 0.3 is 0 Å². The summed E-state index contributed by atoms with van der Waals surface area (Å²) in [6.45, 7) is 7.44. The lowest BCUT2D eigenvalue weighted by Crippen LogP contribution is -2.22. The molecule has 1 fully saturated rings. The summed E-state index contributed by atoms with van der Waals surface area (Å²) in [6, 6.07) is 19.1. The SMILES string of the molecule is C.CCSCCC(C)Nc1ncc2cc(-c3ccccc3Cl)c(=O)n(C)c2n1.CCSCCC1CN1c1ncc2cc(-c3ccccc3Cl)c(=O)n(C)c2n1. The first kappa shape index (κ1) is 42.1. The molecule has 2 aromatic carbocycles. The minimum absolute atomic E-state index is 0. The van der Waals surface area contributed by atoms with Crippen molar-refractivity contribution in [1.82, 2.24) is 29.1 Å². The number of hydrogen-bond acceptors (Lipinski definition) is 10. The molecule has 2 unspecified atom stereocenters. The van der Waals surface area contributed by atoms with E-state index >= 15 is 0 Å². The van der Waals surface area contributed by atoms with Gasteiger partial charge in [0.2, 0.25) is 11.9 Å². The maximum Gasteiger partial charge on any atom is 0.259 e. The van der Waals surface area contributed by atoms with Crippen LogP contribution < -0.4 is 21.3 Å². The van der Waals surface area contributed by atoms with Gasteiger partial charge in [-0.3, -0.25) is 18.7 Å². The monoisotopic (exact) mass is 818 g/mol. The molecule has 4 aromatic heterocycles. The molecule has 1 aliphatic rings. The molecule has 290 valence electrons. The highest BCUT2D eigenvalue weighted by atomic mass is 35.5. The average Bonchev–Trinajstić information content (AvgIpc) is 3.95. The first-order valence-electron chi connectivity index (χ1n) is 18.0. The number of halogens is 2. The number of nitrogens with one attached hydrogen (secondary N) is 1. The topological polar surface area (TPSA) is 111 Å². The van der Waals surface area contributed by atoms with Gasteiger partial charge in [-0.25, -0.2) is 9.97 Å². The van der Waals surface area contributed by atoms with Crippen LogP contribution >= 0.6 is 46.7 Å². The van der Waals surface area contributed by atoms with Crippen LogP contribution in [0.5, 0.6) is 0 Å². The summed E-state index contributed by atoms with van der Waals surface area (Å²) in [5, 5.41) is 6.06. The zero-order valence-corrected chi connectivity index (χ0v) is 34.2. The number of benzene rings is 2. The van der Waals surface area contributed by atoms with E-state index in [2.05, 4.69) is 50.9 Å². The largest absolute Gasteiger partial charge is 0.352 e. The van der Waals surface area contributed by atoms with Crippen LogP contribution in [0.25, 0.3) is 44.3 Å². The molecule has 7 rings (SSSR count). The molecule has 5 heterocycles. The standard InChI is InChI=1S/C20H21ClN4OS.C20H23ClN4OS.CH4/c1-3-27-9-8-14-12-25(14)20-22-11-13-10-16(15-6-4-5-7-17(15)21)19(26)24(2)18(13)23-20;1-4-27-10-9-13(2)23-20-22-12-14-11-16(15-7-5-6-8-17(15)21)19(26)25(3)18(14)24-20;/h4-7,10-11,14H,3,8-9,12H2,1-2H3;5-8,11-13H,4,9-10H2,1-3H3,(H,22,23,24);1H4. The second-order valence-corrected chi connectivity index (χ2v) is 16.7. The van der Waals surface area contributed by atoms with Crippen LogP contribution in [0.2, 0.25) is 10.0 Å². The Morgan fingerprint density at radius 2 is 1.31 bits per heavy atom. The molecule has 0 amide bonds. The maximum atomic E-state index is 12.9. The second kappa shape index (κ2) is 19.2. The van der Waals surface area contributed by atoms with Gasteiger partial charge < -0.3 is 10.2 Å². The van der Waals surface area contributed by atoms with E-state index in [1.165, 1.54) is 0 Å². The molecule has 2 atom stereocenters. The van der Waals surface area contributed by atoms with Gasteiger partial charge in [-0.05, 0) is 67.0 Å². The number of aromatic nitrogens is 6. The highest BCUT2D eigenvalue weighted by molar-refractivity contribution is 7.99. The molecule has 0 saturated carbocycles. The molecular weight excluding hydrogens is 772 g/mol. The van der Waals surface area contributed by atoms with Crippen LogP contribution in [-0.4, -0.2) is 70.7 Å². The summed E-state index contributed by atoms with van der Waals surface area (Å²) in [6.07, 6.45) is 5.72. The number of nitrogens with zero attached hydrogens (tertiary/aromatic N) is 7. The van der Waals surface area contributed by atoms with Gasteiger partial charge in [0.05, 0.1) is 6.04 Å². The molecule has 0 aliphatic carbocycles. The average molecular weight is 820 g/mol. The number of fused-ring (bicyclic) bond motifs is 2. The zero-order chi connectivity index (χ0) is 38.4. The van der Waals surface area contributed by atoms with Gasteiger partial charge in [0.15, 0.2) is 0 Å².